The number of carboxylic acids is 1. The van der Waals surface area contributed by atoms with Crippen molar-refractivity contribution in [1.82, 2.24) is 4.37 Å². The van der Waals surface area contributed by atoms with Gasteiger partial charge in [-0.3, -0.25) is 0 Å². The van der Waals surface area contributed by atoms with Crippen LogP contribution in [-0.4, -0.2) is 40.4 Å². The Morgan fingerprint density at radius 2 is 1.32 bits per heavy atom. The van der Waals surface area contributed by atoms with Gasteiger partial charge in [0.25, 0.3) is 0 Å². The Kier molecular flexibility index (Phi) is 8.90. The molecule has 4 atom stereocenters. The summed E-state index contributed by atoms with van der Waals surface area (Å²) in [5, 5.41) is 9.42. The molecule has 1 aromatic heterocycles. The molecule has 196 valence electrons. The Balaban J connectivity index is 1.38. The number of benzene rings is 3. The lowest BCUT2D eigenvalue weighted by Gasteiger charge is -2.25. The second-order valence-corrected chi connectivity index (χ2v) is 9.87. The number of carbonyl (C=O) groups is 1. The van der Waals surface area contributed by atoms with E-state index < -0.39 is 30.4 Å². The molecule has 5 rings (SSSR count). The maximum atomic E-state index is 11.5. The van der Waals surface area contributed by atoms with Crippen molar-refractivity contribution in [2.75, 3.05) is 6.61 Å². The number of nitrogens with zero attached hydrogens (tertiary/aromatic N) is 1. The first kappa shape index (κ1) is 26.2. The van der Waals surface area contributed by atoms with Crippen LogP contribution in [0.1, 0.15) is 38.2 Å². The zero-order chi connectivity index (χ0) is 26.2. The molecule has 0 saturated carbocycles. The molecule has 8 heteroatoms. The third kappa shape index (κ3) is 6.72. The molecular formula is C30H29NO6S. The highest BCUT2D eigenvalue weighted by atomic mass is 32.1. The Morgan fingerprint density at radius 1 is 0.789 bits per heavy atom. The minimum Gasteiger partial charge on any atom is -0.476 e. The van der Waals surface area contributed by atoms with Crippen molar-refractivity contribution in [2.24, 2.45) is 0 Å². The summed E-state index contributed by atoms with van der Waals surface area (Å²) >= 11 is 1.11. The second kappa shape index (κ2) is 12.9. The molecule has 38 heavy (non-hydrogen) atoms. The highest BCUT2D eigenvalue weighted by molar-refractivity contribution is 7.06. The van der Waals surface area contributed by atoms with E-state index in [9.17, 15) is 9.90 Å². The van der Waals surface area contributed by atoms with Gasteiger partial charge in [-0.05, 0) is 34.3 Å². The Labute approximate surface area is 225 Å². The molecule has 2 heterocycles. The maximum Gasteiger partial charge on any atom is 0.355 e. The van der Waals surface area contributed by atoms with Crippen LogP contribution in [0.4, 0.5) is 0 Å². The zero-order valence-corrected chi connectivity index (χ0v) is 21.5. The van der Waals surface area contributed by atoms with E-state index in [-0.39, 0.29) is 5.69 Å². The van der Waals surface area contributed by atoms with Gasteiger partial charge in [0, 0.05) is 0 Å². The van der Waals surface area contributed by atoms with E-state index in [1.54, 1.807) is 6.07 Å². The molecule has 0 bridgehead atoms. The van der Waals surface area contributed by atoms with Crippen molar-refractivity contribution >= 4 is 17.5 Å². The van der Waals surface area contributed by atoms with Gasteiger partial charge in [0.2, 0.25) is 0 Å². The SMILES string of the molecule is O=C(O)c1cc([C@@H]2O[C@H](COCc3ccccc3)[C@@H](OCc3ccccc3)[C@H]2OCc2ccccc2)sn1. The highest BCUT2D eigenvalue weighted by Crippen LogP contribution is 2.40. The summed E-state index contributed by atoms with van der Waals surface area (Å²) in [5.41, 5.74) is 3.11. The van der Waals surface area contributed by atoms with Crippen molar-refractivity contribution < 1.29 is 28.8 Å². The van der Waals surface area contributed by atoms with Gasteiger partial charge in [-0.1, -0.05) is 91.0 Å². The minimum absolute atomic E-state index is 0.0130. The summed E-state index contributed by atoms with van der Waals surface area (Å²) < 4.78 is 29.5. The zero-order valence-electron chi connectivity index (χ0n) is 20.7. The molecule has 0 aliphatic carbocycles. The molecule has 0 unspecified atom stereocenters. The summed E-state index contributed by atoms with van der Waals surface area (Å²) in [6, 6.07) is 31.3. The van der Waals surface area contributed by atoms with Crippen LogP contribution < -0.4 is 0 Å². The first-order valence-corrected chi connectivity index (χ1v) is 13.2. The average Bonchev–Trinajstić information content (AvgIpc) is 3.58. The van der Waals surface area contributed by atoms with Crippen molar-refractivity contribution in [3.8, 4) is 0 Å². The van der Waals surface area contributed by atoms with Crippen molar-refractivity contribution in [3.63, 3.8) is 0 Å². The Morgan fingerprint density at radius 3 is 1.84 bits per heavy atom. The molecule has 1 N–H and O–H groups in total. The average molecular weight is 532 g/mol. The third-order valence-corrected chi connectivity index (χ3v) is 7.15. The molecule has 0 amide bonds. The molecule has 3 aromatic carbocycles. The number of hydrogen-bond acceptors (Lipinski definition) is 7. The smallest absolute Gasteiger partial charge is 0.355 e. The predicted molar refractivity (Wildman–Crippen MR) is 143 cm³/mol. The lowest BCUT2D eigenvalue weighted by molar-refractivity contribution is -0.0898. The van der Waals surface area contributed by atoms with Crippen molar-refractivity contribution in [2.45, 2.75) is 44.2 Å². The molecule has 1 aliphatic rings. The molecule has 1 fully saturated rings. The van der Waals surface area contributed by atoms with E-state index in [2.05, 4.69) is 4.37 Å². The Hall–Kier alpha value is -3.40. The molecule has 4 aromatic rings. The van der Waals surface area contributed by atoms with Gasteiger partial charge in [0.15, 0.2) is 5.69 Å². The molecule has 7 nitrogen and oxygen atoms in total. The first-order chi connectivity index (χ1) is 18.7. The number of carboxylic acid groups (broad SMARTS) is 1. The highest BCUT2D eigenvalue weighted by Gasteiger charge is 2.48. The Bertz CT molecular complexity index is 1280. The summed E-state index contributed by atoms with van der Waals surface area (Å²) in [4.78, 5) is 12.2. The summed E-state index contributed by atoms with van der Waals surface area (Å²) in [5.74, 6) is -1.08. The standard InChI is InChI=1S/C30H29NO6S/c32-30(33)24-16-26(38-31-24)28-29(36-19-23-14-8-3-9-15-23)27(35-18-22-12-6-2-7-13-22)25(37-28)20-34-17-21-10-4-1-5-11-21/h1-16,25,27-29H,17-20H2,(H,32,33)/t25-,27-,28+,29-/m1/s1. The monoisotopic (exact) mass is 531 g/mol. The summed E-state index contributed by atoms with van der Waals surface area (Å²) in [6.07, 6.45) is -1.92. The van der Waals surface area contributed by atoms with E-state index >= 15 is 0 Å². The van der Waals surface area contributed by atoms with Crippen LogP contribution in [0.5, 0.6) is 0 Å². The molecule has 1 aliphatic heterocycles. The largest absolute Gasteiger partial charge is 0.476 e. The van der Waals surface area contributed by atoms with Crippen LogP contribution in [-0.2, 0) is 38.8 Å². The third-order valence-electron chi connectivity index (χ3n) is 6.30. The molecule has 0 radical (unpaired) electrons. The van der Waals surface area contributed by atoms with Crippen molar-refractivity contribution in [1.29, 1.82) is 0 Å². The lowest BCUT2D eigenvalue weighted by atomic mass is 10.1. The number of rotatable bonds is 12. The van der Waals surface area contributed by atoms with Crippen LogP contribution in [0.15, 0.2) is 97.1 Å². The van der Waals surface area contributed by atoms with Gasteiger partial charge >= 0.3 is 5.97 Å². The molecule has 0 spiro atoms. The predicted octanol–water partition coefficient (Wildman–Crippen LogP) is 5.67. The number of hydrogen-bond donors (Lipinski definition) is 1. The van der Waals surface area contributed by atoms with Gasteiger partial charge in [0.1, 0.15) is 24.4 Å². The van der Waals surface area contributed by atoms with Gasteiger partial charge in [-0.2, -0.15) is 4.37 Å². The van der Waals surface area contributed by atoms with Gasteiger partial charge < -0.3 is 24.1 Å². The van der Waals surface area contributed by atoms with Gasteiger partial charge in [-0.25, -0.2) is 4.79 Å². The lowest BCUT2D eigenvalue weighted by Crippen LogP contribution is -2.37. The van der Waals surface area contributed by atoms with E-state index in [1.165, 1.54) is 0 Å². The van der Waals surface area contributed by atoms with Crippen molar-refractivity contribution in [3.05, 3.63) is 124 Å². The van der Waals surface area contributed by atoms with Gasteiger partial charge in [-0.15, -0.1) is 0 Å². The summed E-state index contributed by atoms with van der Waals surface area (Å²) in [7, 11) is 0. The van der Waals surface area contributed by atoms with Crippen LogP contribution >= 0.6 is 11.5 Å². The van der Waals surface area contributed by atoms with E-state index in [4.69, 9.17) is 18.9 Å². The van der Waals surface area contributed by atoms with E-state index in [0.29, 0.717) is 31.3 Å². The number of aromatic carboxylic acids is 1. The van der Waals surface area contributed by atoms with Crippen LogP contribution in [0.25, 0.3) is 0 Å². The molecule has 1 saturated heterocycles. The first-order valence-electron chi connectivity index (χ1n) is 12.5. The van der Waals surface area contributed by atoms with E-state index in [0.717, 1.165) is 28.2 Å². The fourth-order valence-corrected chi connectivity index (χ4v) is 5.19. The number of ether oxygens (including phenoxy) is 4. The van der Waals surface area contributed by atoms with Crippen LogP contribution in [0.2, 0.25) is 0 Å². The van der Waals surface area contributed by atoms with E-state index in [1.807, 2.05) is 91.0 Å². The van der Waals surface area contributed by atoms with Crippen LogP contribution in [0, 0.1) is 0 Å². The minimum atomic E-state index is -1.08. The maximum absolute atomic E-state index is 11.5. The fraction of sp³-hybridized carbons (Fsp3) is 0.267. The topological polar surface area (TPSA) is 87.1 Å². The van der Waals surface area contributed by atoms with Gasteiger partial charge in [0.05, 0.1) is 31.3 Å². The normalized spacial score (nSPS) is 20.9. The quantitative estimate of drug-likeness (QED) is 0.252. The fourth-order valence-electron chi connectivity index (χ4n) is 4.40. The second-order valence-electron chi connectivity index (χ2n) is 9.04. The molecular weight excluding hydrogens is 502 g/mol. The number of aromatic nitrogens is 1. The summed E-state index contributed by atoms with van der Waals surface area (Å²) in [6.45, 7) is 1.47. The van der Waals surface area contributed by atoms with Crippen LogP contribution in [0.3, 0.4) is 0 Å².